The summed E-state index contributed by atoms with van der Waals surface area (Å²) in [4.78, 5) is 6.71. The molecule has 0 saturated carbocycles. The molecule has 0 radical (unpaired) electrons. The molecule has 0 aromatic heterocycles. The molecular formula is C69H92N2S. The van der Waals surface area contributed by atoms with E-state index in [1.165, 1.54) is 99.5 Å². The number of hydrogen-bond donors (Lipinski definition) is 0. The molecule has 0 heterocycles. The lowest BCUT2D eigenvalue weighted by molar-refractivity contribution is 0.567. The third-order valence-electron chi connectivity index (χ3n) is 14.8. The van der Waals surface area contributed by atoms with Crippen LogP contribution in [0, 0.1) is 0 Å². The number of rotatable bonds is 7. The highest BCUT2D eigenvalue weighted by Crippen LogP contribution is 2.55. The molecule has 0 aliphatic heterocycles. The summed E-state index contributed by atoms with van der Waals surface area (Å²) in [5.74, 6) is 0. The van der Waals surface area contributed by atoms with Gasteiger partial charge in [-0.15, -0.1) is 0 Å². The molecule has 0 fully saturated rings. The Bertz CT molecular complexity index is 2590. The fraction of sp³-hybridized carbons (Fsp3) is 0.449. The molecule has 3 heteroatoms. The maximum Gasteiger partial charge on any atom is 0.0620 e. The standard InChI is InChI=1S/C69H92N2S/c1-63(2,3)45-33-46(64(4,5)6)37-52(36-45)70(53-38-47(65(7,8)9)34-48(39-53)66(10,11)12)61-57-29-25-27-31-59(57)62(60-32-28-26-30-58(60)61)71(54-40-49(67(13,14)15)35-50(41-54)68(16,17)18)55-42-51(69(19,20)21)43-56(44-55)72(22,23)24/h25-44H,1-24H3. The molecule has 384 valence electrons. The van der Waals surface area contributed by atoms with Gasteiger partial charge in [0.15, 0.2) is 0 Å². The summed E-state index contributed by atoms with van der Waals surface area (Å²) in [6.45, 7) is 49.5. The zero-order chi connectivity index (χ0) is 53.7. The van der Waals surface area contributed by atoms with Crippen molar-refractivity contribution in [1.29, 1.82) is 0 Å². The van der Waals surface area contributed by atoms with Crippen LogP contribution in [-0.2, 0) is 37.9 Å². The van der Waals surface area contributed by atoms with Gasteiger partial charge < -0.3 is 9.80 Å². The van der Waals surface area contributed by atoms with Gasteiger partial charge in [0.2, 0.25) is 0 Å². The van der Waals surface area contributed by atoms with Crippen molar-refractivity contribution in [2.24, 2.45) is 0 Å². The molecule has 0 aliphatic carbocycles. The van der Waals surface area contributed by atoms with Gasteiger partial charge in [0.25, 0.3) is 0 Å². The number of fused-ring (bicyclic) bond motifs is 2. The molecule has 0 saturated heterocycles. The average molecular weight is 982 g/mol. The molecular weight excluding hydrogens is 889 g/mol. The van der Waals surface area contributed by atoms with Gasteiger partial charge in [0.05, 0.1) is 11.4 Å². The molecule has 0 unspecified atom stereocenters. The molecule has 7 rings (SSSR count). The van der Waals surface area contributed by atoms with E-state index in [0.29, 0.717) is 0 Å². The van der Waals surface area contributed by atoms with E-state index < -0.39 is 10.0 Å². The SMILES string of the molecule is CC(C)(C)c1cc(N(c2cc(C(C)(C)C)cc(C(C)(C)C)c2)c2c3ccccc3c(N(c3cc(C(C)(C)C)cc(C(C)(C)C)c3)c3cc(C(C)(C)C)cc(S(C)(C)C)c3)c3ccccc23)cc(C(C)(C)C)c1. The lowest BCUT2D eigenvalue weighted by Crippen LogP contribution is -2.22. The summed E-state index contributed by atoms with van der Waals surface area (Å²) in [6, 6.07) is 48.4. The van der Waals surface area contributed by atoms with Gasteiger partial charge >= 0.3 is 0 Å². The van der Waals surface area contributed by atoms with Crippen LogP contribution in [0.1, 0.15) is 184 Å². The van der Waals surface area contributed by atoms with E-state index in [9.17, 15) is 0 Å². The number of hydrogen-bond acceptors (Lipinski definition) is 2. The Hall–Kier alpha value is -4.99. The molecule has 0 atom stereocenters. The highest BCUT2D eigenvalue weighted by atomic mass is 32.3. The van der Waals surface area contributed by atoms with E-state index in [-0.39, 0.29) is 37.9 Å². The second kappa shape index (κ2) is 18.4. The van der Waals surface area contributed by atoms with E-state index in [0.717, 1.165) is 0 Å². The van der Waals surface area contributed by atoms with Crippen molar-refractivity contribution < 1.29 is 0 Å². The highest BCUT2D eigenvalue weighted by Gasteiger charge is 2.32. The Morgan fingerprint density at radius 2 is 0.458 bits per heavy atom. The fourth-order valence-corrected chi connectivity index (χ4v) is 10.7. The normalized spacial score (nSPS) is 13.8. The second-order valence-electron chi connectivity index (χ2n) is 29.1. The first-order chi connectivity index (χ1) is 32.7. The van der Waals surface area contributed by atoms with Crippen LogP contribution in [0.25, 0.3) is 21.5 Å². The van der Waals surface area contributed by atoms with Crippen molar-refractivity contribution in [2.75, 3.05) is 28.6 Å². The van der Waals surface area contributed by atoms with Crippen molar-refractivity contribution in [3.05, 3.63) is 160 Å². The largest absolute Gasteiger partial charge is 0.309 e. The third kappa shape index (κ3) is 11.4. The molecule has 72 heavy (non-hydrogen) atoms. The predicted molar refractivity (Wildman–Crippen MR) is 325 cm³/mol. The van der Waals surface area contributed by atoms with Crippen LogP contribution >= 0.6 is 10.0 Å². The molecule has 0 aliphatic rings. The van der Waals surface area contributed by atoms with Gasteiger partial charge in [-0.3, -0.25) is 0 Å². The molecule has 0 amide bonds. The second-order valence-corrected chi connectivity index (χ2v) is 33.2. The van der Waals surface area contributed by atoms with E-state index in [1.54, 1.807) is 0 Å². The van der Waals surface area contributed by atoms with Crippen molar-refractivity contribution in [3.63, 3.8) is 0 Å². The van der Waals surface area contributed by atoms with Crippen molar-refractivity contribution in [2.45, 2.75) is 188 Å². The topological polar surface area (TPSA) is 6.48 Å². The highest BCUT2D eigenvalue weighted by molar-refractivity contribution is 8.32. The lowest BCUT2D eigenvalue weighted by atomic mass is 9.79. The minimum atomic E-state index is -1.12. The van der Waals surface area contributed by atoms with Gasteiger partial charge in [-0.1, -0.05) is 212 Å². The summed E-state index contributed by atoms with van der Waals surface area (Å²) < 4.78 is 0. The smallest absolute Gasteiger partial charge is 0.0620 e. The predicted octanol–water partition coefficient (Wildman–Crippen LogP) is 21.1. The number of anilines is 6. The van der Waals surface area contributed by atoms with Crippen LogP contribution in [-0.4, -0.2) is 18.8 Å². The Morgan fingerprint density at radius 3 is 0.653 bits per heavy atom. The summed E-state index contributed by atoms with van der Waals surface area (Å²) in [7, 11) is -1.12. The van der Waals surface area contributed by atoms with Crippen LogP contribution in [0.3, 0.4) is 0 Å². The van der Waals surface area contributed by atoms with Crippen molar-refractivity contribution in [1.82, 2.24) is 0 Å². The third-order valence-corrected chi connectivity index (χ3v) is 16.4. The van der Waals surface area contributed by atoms with Crippen molar-refractivity contribution in [3.8, 4) is 0 Å². The molecule has 2 nitrogen and oxygen atoms in total. The van der Waals surface area contributed by atoms with Crippen LogP contribution in [0.5, 0.6) is 0 Å². The van der Waals surface area contributed by atoms with Gasteiger partial charge in [-0.05, 0) is 155 Å². The van der Waals surface area contributed by atoms with Gasteiger partial charge in [0.1, 0.15) is 0 Å². The Labute approximate surface area is 440 Å². The monoisotopic (exact) mass is 981 g/mol. The average Bonchev–Trinajstić information content (AvgIpc) is 3.24. The quantitative estimate of drug-likeness (QED) is 0.116. The first kappa shape index (κ1) is 54.8. The van der Waals surface area contributed by atoms with Crippen molar-refractivity contribution >= 4 is 65.7 Å². The van der Waals surface area contributed by atoms with Crippen LogP contribution in [0.15, 0.2) is 126 Å². The summed E-state index contributed by atoms with van der Waals surface area (Å²) in [6.07, 6.45) is 7.32. The van der Waals surface area contributed by atoms with Crippen LogP contribution < -0.4 is 9.80 Å². The molecule has 7 aromatic rings. The summed E-state index contributed by atoms with van der Waals surface area (Å²) in [5.41, 5.74) is 16.0. The Morgan fingerprint density at radius 1 is 0.264 bits per heavy atom. The number of benzene rings is 7. The Balaban J connectivity index is 1.76. The lowest BCUT2D eigenvalue weighted by Gasteiger charge is -2.37. The Kier molecular flexibility index (Phi) is 14.0. The fourth-order valence-electron chi connectivity index (χ4n) is 9.70. The summed E-state index contributed by atoms with van der Waals surface area (Å²) in [5, 5.41) is 4.85. The zero-order valence-electron chi connectivity index (χ0n) is 49.3. The summed E-state index contributed by atoms with van der Waals surface area (Å²) >= 11 is 0. The van der Waals surface area contributed by atoms with Gasteiger partial charge in [0, 0.05) is 44.3 Å². The molecule has 0 spiro atoms. The van der Waals surface area contributed by atoms with E-state index in [1.807, 2.05) is 0 Å². The molecule has 0 bridgehead atoms. The van der Waals surface area contributed by atoms with Crippen LogP contribution in [0.4, 0.5) is 34.1 Å². The van der Waals surface area contributed by atoms with E-state index in [2.05, 4.69) is 295 Å². The van der Waals surface area contributed by atoms with Gasteiger partial charge in [-0.2, -0.15) is 0 Å². The first-order valence-corrected chi connectivity index (χ1v) is 29.5. The first-order valence-electron chi connectivity index (χ1n) is 26.6. The van der Waals surface area contributed by atoms with E-state index >= 15 is 0 Å². The van der Waals surface area contributed by atoms with Crippen LogP contribution in [0.2, 0.25) is 0 Å². The minimum absolute atomic E-state index is 0.0690. The maximum atomic E-state index is 2.66. The van der Waals surface area contributed by atoms with E-state index in [4.69, 9.17) is 0 Å². The minimum Gasteiger partial charge on any atom is -0.309 e. The van der Waals surface area contributed by atoms with Gasteiger partial charge in [-0.25, -0.2) is 10.0 Å². The number of nitrogens with zero attached hydrogens (tertiary/aromatic N) is 2. The molecule has 0 N–H and O–H groups in total. The molecule has 7 aromatic carbocycles. The maximum absolute atomic E-state index is 2.66. The zero-order valence-corrected chi connectivity index (χ0v) is 50.2.